The van der Waals surface area contributed by atoms with Gasteiger partial charge < -0.3 is 20.5 Å². The van der Waals surface area contributed by atoms with Crippen molar-refractivity contribution in [1.82, 2.24) is 15.3 Å². The molecule has 0 radical (unpaired) electrons. The third-order valence-electron chi connectivity index (χ3n) is 11.4. The van der Waals surface area contributed by atoms with Crippen molar-refractivity contribution in [3.05, 3.63) is 42.2 Å². The number of fused-ring (bicyclic) bond motifs is 1. The fraction of sp³-hybridized carbons (Fsp3) is 0.690. The van der Waals surface area contributed by atoms with Crippen LogP contribution in [0.2, 0.25) is 0 Å². The third-order valence-corrected chi connectivity index (χ3v) is 11.4. The van der Waals surface area contributed by atoms with Crippen LogP contribution in [0.3, 0.4) is 0 Å². The molecule has 5 heteroatoms. The molecule has 34 heavy (non-hydrogen) atoms. The lowest BCUT2D eigenvalue weighted by Gasteiger charge is -2.56. The van der Waals surface area contributed by atoms with E-state index in [2.05, 4.69) is 42.9 Å². The lowest BCUT2D eigenvalue weighted by molar-refractivity contribution is -0.0947. The van der Waals surface area contributed by atoms with Gasteiger partial charge in [0.25, 0.3) is 0 Å². The normalized spacial score (nSPS) is 43.6. The van der Waals surface area contributed by atoms with Crippen molar-refractivity contribution < 1.29 is 10.2 Å². The average Bonchev–Trinajstić information content (AvgIpc) is 3.20. The van der Waals surface area contributed by atoms with E-state index >= 15 is 0 Å². The minimum atomic E-state index is -0.263. The second-order valence-electron chi connectivity index (χ2n) is 12.6. The van der Waals surface area contributed by atoms with E-state index in [-0.39, 0.29) is 34.9 Å². The van der Waals surface area contributed by atoms with Crippen molar-refractivity contribution in [3.8, 4) is 0 Å². The number of nitrogens with one attached hydrogen (secondary N) is 2. The zero-order valence-electron chi connectivity index (χ0n) is 20.9. The maximum atomic E-state index is 10.4. The number of imidazole rings is 1. The molecular formula is C29H41N3O2. The Morgan fingerprint density at radius 2 is 2.00 bits per heavy atom. The summed E-state index contributed by atoms with van der Waals surface area (Å²) < 4.78 is 0. The van der Waals surface area contributed by atoms with Gasteiger partial charge in [-0.25, -0.2) is 4.98 Å². The van der Waals surface area contributed by atoms with Crippen molar-refractivity contribution >= 4 is 11.0 Å². The van der Waals surface area contributed by atoms with Gasteiger partial charge in [0, 0.05) is 13.2 Å². The molecule has 5 nitrogen and oxygen atoms in total. The number of aliphatic hydroxyl groups excluding tert-OH is 2. The Balaban J connectivity index is 1.30. The molecule has 0 aliphatic heterocycles. The highest BCUT2D eigenvalue weighted by atomic mass is 16.3. The zero-order chi connectivity index (χ0) is 23.8. The Hall–Kier alpha value is -1.69. The van der Waals surface area contributed by atoms with Gasteiger partial charge in [0.05, 0.1) is 23.7 Å². The number of rotatable bonds is 6. The maximum absolute atomic E-state index is 10.4. The first kappa shape index (κ1) is 22.8. The maximum Gasteiger partial charge on any atom is 0.121 e. The van der Waals surface area contributed by atoms with Crippen LogP contribution < -0.4 is 5.32 Å². The Bertz CT molecular complexity index is 1080. The molecule has 7 atom stereocenters. The summed E-state index contributed by atoms with van der Waals surface area (Å²) in [5, 5.41) is 24.6. The molecule has 1 unspecified atom stereocenters. The summed E-state index contributed by atoms with van der Waals surface area (Å²) in [6, 6.07) is 8.22. The molecule has 1 aromatic carbocycles. The number of aliphatic hydroxyl groups is 2. The largest absolute Gasteiger partial charge is 0.396 e. The van der Waals surface area contributed by atoms with Crippen LogP contribution in [-0.2, 0) is 6.54 Å². The lowest BCUT2D eigenvalue weighted by Crippen LogP contribution is -2.53. The Morgan fingerprint density at radius 1 is 1.18 bits per heavy atom. The minimum absolute atomic E-state index is 0.0732. The molecule has 4 fully saturated rings. The molecule has 4 aliphatic carbocycles. The van der Waals surface area contributed by atoms with Gasteiger partial charge in [-0.05, 0) is 97.0 Å². The van der Waals surface area contributed by atoms with E-state index in [0.29, 0.717) is 11.3 Å². The number of para-hydroxylation sites is 2. The van der Waals surface area contributed by atoms with Gasteiger partial charge in [-0.1, -0.05) is 38.1 Å². The molecular weight excluding hydrogens is 422 g/mol. The smallest absolute Gasteiger partial charge is 0.121 e. The summed E-state index contributed by atoms with van der Waals surface area (Å²) in [7, 11) is 0. The summed E-state index contributed by atoms with van der Waals surface area (Å²) in [6.07, 6.45) is 8.46. The number of aromatic amines is 1. The molecule has 0 amide bonds. The first-order valence-electron chi connectivity index (χ1n) is 13.4. The van der Waals surface area contributed by atoms with Crippen LogP contribution in [-0.4, -0.2) is 39.4 Å². The summed E-state index contributed by atoms with van der Waals surface area (Å²) in [5.41, 5.74) is 4.46. The summed E-state index contributed by atoms with van der Waals surface area (Å²) in [6.45, 7) is 11.4. The van der Waals surface area contributed by atoms with Crippen LogP contribution in [0.15, 0.2) is 36.4 Å². The fourth-order valence-corrected chi connectivity index (χ4v) is 9.36. The van der Waals surface area contributed by atoms with Gasteiger partial charge in [0.2, 0.25) is 0 Å². The molecule has 4 N–H and O–H groups in total. The van der Waals surface area contributed by atoms with Crippen molar-refractivity contribution in [2.45, 2.75) is 77.9 Å². The third kappa shape index (κ3) is 2.93. The topological polar surface area (TPSA) is 81.2 Å². The van der Waals surface area contributed by atoms with Gasteiger partial charge in [-0.15, -0.1) is 0 Å². The predicted octanol–water partition coefficient (Wildman–Crippen LogP) is 4.95. The molecule has 184 valence electrons. The van der Waals surface area contributed by atoms with E-state index in [1.165, 1.54) is 31.3 Å². The van der Waals surface area contributed by atoms with Crippen LogP contribution in [0.4, 0.5) is 0 Å². The fourth-order valence-electron chi connectivity index (χ4n) is 9.36. The molecule has 1 aromatic heterocycles. The number of benzene rings is 1. The molecule has 1 spiro atoms. The molecule has 1 heterocycles. The molecule has 2 aromatic rings. The first-order valence-corrected chi connectivity index (χ1v) is 13.4. The highest BCUT2D eigenvalue weighted by molar-refractivity contribution is 5.74. The molecule has 4 saturated carbocycles. The Labute approximate surface area is 203 Å². The van der Waals surface area contributed by atoms with Crippen molar-refractivity contribution in [2.24, 2.45) is 33.5 Å². The van der Waals surface area contributed by atoms with Gasteiger partial charge in [-0.3, -0.25) is 0 Å². The molecule has 0 saturated heterocycles. The molecule has 0 bridgehead atoms. The number of H-pyrrole nitrogens is 1. The van der Waals surface area contributed by atoms with E-state index in [0.717, 1.165) is 55.6 Å². The highest BCUT2D eigenvalue weighted by Crippen LogP contribution is 2.87. The lowest BCUT2D eigenvalue weighted by atomic mass is 9.49. The van der Waals surface area contributed by atoms with Gasteiger partial charge >= 0.3 is 0 Å². The second kappa shape index (κ2) is 7.65. The van der Waals surface area contributed by atoms with Crippen molar-refractivity contribution in [3.63, 3.8) is 0 Å². The summed E-state index contributed by atoms with van der Waals surface area (Å²) in [5.74, 6) is 1.74. The zero-order valence-corrected chi connectivity index (χ0v) is 20.9. The van der Waals surface area contributed by atoms with E-state index in [1.807, 2.05) is 12.1 Å². The molecule has 4 aliphatic rings. The Morgan fingerprint density at radius 3 is 2.79 bits per heavy atom. The standard InChI is InChI=1S/C29H41N3O2/c1-19-8-13-29-17-28(29,18-30-15-25-31-22-6-4-5-7-23(22)32-25)24(10-12-27(19,29)3)26(2)11-9-21(34)14-20(26)16-33/h4-7,20-21,24,30,33-34H,1,8-18H2,2-3H3,(H,31,32)/t20-,21+,24-,26+,27-,28?,29+/m1/s1. The van der Waals surface area contributed by atoms with E-state index in [9.17, 15) is 10.2 Å². The van der Waals surface area contributed by atoms with Gasteiger partial charge in [0.1, 0.15) is 5.82 Å². The molecule has 6 rings (SSSR count). The van der Waals surface area contributed by atoms with Crippen LogP contribution in [0, 0.1) is 33.5 Å². The minimum Gasteiger partial charge on any atom is -0.396 e. The number of nitrogens with zero attached hydrogens (tertiary/aromatic N) is 1. The van der Waals surface area contributed by atoms with E-state index < -0.39 is 0 Å². The summed E-state index contributed by atoms with van der Waals surface area (Å²) >= 11 is 0. The average molecular weight is 464 g/mol. The van der Waals surface area contributed by atoms with Crippen LogP contribution in [0.5, 0.6) is 0 Å². The van der Waals surface area contributed by atoms with Crippen LogP contribution in [0.1, 0.15) is 71.0 Å². The monoisotopic (exact) mass is 463 g/mol. The highest BCUT2D eigenvalue weighted by Gasteiger charge is 2.81. The number of hydrogen-bond acceptors (Lipinski definition) is 4. The van der Waals surface area contributed by atoms with E-state index in [4.69, 9.17) is 4.98 Å². The van der Waals surface area contributed by atoms with Crippen molar-refractivity contribution in [1.29, 1.82) is 0 Å². The first-order chi connectivity index (χ1) is 16.3. The Kier molecular flexibility index (Phi) is 5.12. The van der Waals surface area contributed by atoms with Crippen LogP contribution in [0.25, 0.3) is 11.0 Å². The SMILES string of the molecule is C=C1CC[C@@]23CC2(CNCc2nc4ccccc4[nH]2)[C@@H]([C@@]2(C)CC[C@H](O)C[C@@H]2CO)CC[C@]13C. The second-order valence-corrected chi connectivity index (χ2v) is 12.6. The number of allylic oxidation sites excluding steroid dienone is 1. The van der Waals surface area contributed by atoms with Crippen LogP contribution >= 0.6 is 0 Å². The predicted molar refractivity (Wildman–Crippen MR) is 135 cm³/mol. The summed E-state index contributed by atoms with van der Waals surface area (Å²) in [4.78, 5) is 8.26. The number of hydrogen-bond donors (Lipinski definition) is 4. The van der Waals surface area contributed by atoms with Gasteiger partial charge in [-0.2, -0.15) is 0 Å². The van der Waals surface area contributed by atoms with Crippen molar-refractivity contribution in [2.75, 3.05) is 13.2 Å². The number of aromatic nitrogens is 2. The van der Waals surface area contributed by atoms with Gasteiger partial charge in [0.15, 0.2) is 0 Å². The van der Waals surface area contributed by atoms with E-state index in [1.54, 1.807) is 0 Å². The quantitative estimate of drug-likeness (QED) is 0.457.